The molecule has 0 spiro atoms. The van der Waals surface area contributed by atoms with Gasteiger partial charge in [-0.1, -0.05) is 31.4 Å². The SMILES string of the molecule is C=C(C)C1CCCC(O)C1.CC1CCC2CCCCC2N1. The fraction of sp³-hybridized carbons (Fsp3) is 0.895. The van der Waals surface area contributed by atoms with Crippen LogP contribution in [0.1, 0.15) is 78.1 Å². The maximum absolute atomic E-state index is 9.29. The van der Waals surface area contributed by atoms with Crippen LogP contribution >= 0.6 is 0 Å². The van der Waals surface area contributed by atoms with Crippen molar-refractivity contribution in [3.63, 3.8) is 0 Å². The molecule has 1 saturated heterocycles. The number of hydrogen-bond acceptors (Lipinski definition) is 2. The molecule has 0 radical (unpaired) electrons. The quantitative estimate of drug-likeness (QED) is 0.701. The molecule has 2 saturated carbocycles. The lowest BCUT2D eigenvalue weighted by Gasteiger charge is -2.39. The Hall–Kier alpha value is -0.340. The lowest BCUT2D eigenvalue weighted by Crippen LogP contribution is -2.47. The van der Waals surface area contributed by atoms with Gasteiger partial charge in [0.05, 0.1) is 6.10 Å². The summed E-state index contributed by atoms with van der Waals surface area (Å²) in [6.45, 7) is 8.28. The Bertz CT molecular complexity index is 328. The van der Waals surface area contributed by atoms with Gasteiger partial charge in [-0.2, -0.15) is 0 Å². The zero-order valence-electron chi connectivity index (χ0n) is 14.1. The molecular formula is C19H35NO. The molecule has 1 heterocycles. The molecule has 0 aromatic rings. The molecular weight excluding hydrogens is 258 g/mol. The smallest absolute Gasteiger partial charge is 0.0546 e. The summed E-state index contributed by atoms with van der Waals surface area (Å²) in [4.78, 5) is 0. The van der Waals surface area contributed by atoms with Gasteiger partial charge < -0.3 is 10.4 Å². The van der Waals surface area contributed by atoms with E-state index < -0.39 is 0 Å². The number of rotatable bonds is 1. The van der Waals surface area contributed by atoms with Crippen LogP contribution in [0, 0.1) is 11.8 Å². The van der Waals surface area contributed by atoms with Crippen LogP contribution in [-0.2, 0) is 0 Å². The Kier molecular flexibility index (Phi) is 6.75. The van der Waals surface area contributed by atoms with E-state index in [1.165, 1.54) is 56.9 Å². The number of piperidine rings is 1. The molecule has 5 atom stereocenters. The van der Waals surface area contributed by atoms with Gasteiger partial charge in [0.2, 0.25) is 0 Å². The van der Waals surface area contributed by atoms with E-state index in [2.05, 4.69) is 25.7 Å². The van der Waals surface area contributed by atoms with Gasteiger partial charge in [0.15, 0.2) is 0 Å². The van der Waals surface area contributed by atoms with Gasteiger partial charge in [-0.15, -0.1) is 0 Å². The summed E-state index contributed by atoms with van der Waals surface area (Å²) in [5.74, 6) is 1.61. The van der Waals surface area contributed by atoms with Crippen LogP contribution in [0.25, 0.3) is 0 Å². The van der Waals surface area contributed by atoms with E-state index in [0.29, 0.717) is 5.92 Å². The number of hydrogen-bond donors (Lipinski definition) is 2. The summed E-state index contributed by atoms with van der Waals surface area (Å²) in [5, 5.41) is 13.0. The van der Waals surface area contributed by atoms with E-state index in [0.717, 1.165) is 30.8 Å². The first-order chi connectivity index (χ1) is 10.1. The lowest BCUT2D eigenvalue weighted by atomic mass is 9.78. The van der Waals surface area contributed by atoms with Crippen LogP contribution in [0.3, 0.4) is 0 Å². The first-order valence-electron chi connectivity index (χ1n) is 9.15. The molecule has 0 aromatic heterocycles. The molecule has 0 aromatic carbocycles. The molecule has 3 rings (SSSR count). The van der Waals surface area contributed by atoms with Gasteiger partial charge in [0.25, 0.3) is 0 Å². The monoisotopic (exact) mass is 293 g/mol. The minimum atomic E-state index is -0.0598. The molecule has 2 heteroatoms. The molecule has 0 bridgehead atoms. The number of aliphatic hydroxyl groups is 1. The summed E-state index contributed by atoms with van der Waals surface area (Å²) in [5.41, 5.74) is 1.23. The van der Waals surface area contributed by atoms with E-state index in [1.807, 2.05) is 0 Å². The van der Waals surface area contributed by atoms with Crippen molar-refractivity contribution >= 4 is 0 Å². The number of allylic oxidation sites excluding steroid dienone is 1. The lowest BCUT2D eigenvalue weighted by molar-refractivity contribution is 0.110. The Morgan fingerprint density at radius 3 is 2.43 bits per heavy atom. The second kappa shape index (κ2) is 8.33. The molecule has 1 aliphatic heterocycles. The molecule has 3 aliphatic rings. The fourth-order valence-electron chi connectivity index (χ4n) is 4.30. The van der Waals surface area contributed by atoms with Crippen LogP contribution in [0.5, 0.6) is 0 Å². The minimum Gasteiger partial charge on any atom is -0.393 e. The summed E-state index contributed by atoms with van der Waals surface area (Å²) in [6, 6.07) is 1.67. The summed E-state index contributed by atoms with van der Waals surface area (Å²) in [6.07, 6.45) is 13.0. The van der Waals surface area contributed by atoms with Crippen LogP contribution < -0.4 is 5.32 Å². The zero-order valence-corrected chi connectivity index (χ0v) is 14.1. The summed E-state index contributed by atoms with van der Waals surface area (Å²) in [7, 11) is 0. The van der Waals surface area contributed by atoms with Crippen molar-refractivity contribution in [2.24, 2.45) is 11.8 Å². The van der Waals surface area contributed by atoms with Crippen LogP contribution in [0.2, 0.25) is 0 Å². The third kappa shape index (κ3) is 5.41. The van der Waals surface area contributed by atoms with Gasteiger partial charge in [-0.05, 0) is 70.6 Å². The molecule has 2 nitrogen and oxygen atoms in total. The van der Waals surface area contributed by atoms with Gasteiger partial charge in [-0.3, -0.25) is 0 Å². The largest absolute Gasteiger partial charge is 0.393 e. The first kappa shape index (κ1) is 17.0. The van der Waals surface area contributed by atoms with Crippen molar-refractivity contribution in [3.05, 3.63) is 12.2 Å². The Morgan fingerprint density at radius 2 is 1.76 bits per heavy atom. The molecule has 122 valence electrons. The number of fused-ring (bicyclic) bond motifs is 1. The Labute approximate surface area is 131 Å². The Balaban J connectivity index is 0.000000155. The maximum atomic E-state index is 9.29. The van der Waals surface area contributed by atoms with Gasteiger partial charge >= 0.3 is 0 Å². The average Bonchev–Trinajstić information content (AvgIpc) is 2.48. The molecule has 5 unspecified atom stereocenters. The van der Waals surface area contributed by atoms with Crippen LogP contribution in [-0.4, -0.2) is 23.3 Å². The summed E-state index contributed by atoms with van der Waals surface area (Å²) >= 11 is 0. The van der Waals surface area contributed by atoms with Crippen molar-refractivity contribution in [2.45, 2.75) is 96.2 Å². The predicted molar refractivity (Wildman–Crippen MR) is 90.4 cm³/mol. The van der Waals surface area contributed by atoms with E-state index in [9.17, 15) is 5.11 Å². The van der Waals surface area contributed by atoms with Crippen molar-refractivity contribution in [2.75, 3.05) is 0 Å². The highest BCUT2D eigenvalue weighted by atomic mass is 16.3. The van der Waals surface area contributed by atoms with Crippen molar-refractivity contribution in [1.82, 2.24) is 5.32 Å². The summed E-state index contributed by atoms with van der Waals surface area (Å²) < 4.78 is 0. The first-order valence-corrected chi connectivity index (χ1v) is 9.15. The Morgan fingerprint density at radius 1 is 1.00 bits per heavy atom. The maximum Gasteiger partial charge on any atom is 0.0546 e. The standard InChI is InChI=1S/C10H19N.C9H16O/c1-8-6-7-9-4-2-3-5-10(9)11-8;1-7(2)8-4-3-5-9(10)6-8/h8-11H,2-7H2,1H3;8-10H,1,3-6H2,2H3. The second-order valence-corrected chi connectivity index (χ2v) is 7.66. The average molecular weight is 293 g/mol. The molecule has 2 N–H and O–H groups in total. The normalized spacial score (nSPS) is 39.7. The van der Waals surface area contributed by atoms with Crippen molar-refractivity contribution in [1.29, 1.82) is 0 Å². The zero-order chi connectivity index (χ0) is 15.2. The number of aliphatic hydroxyl groups excluding tert-OH is 1. The topological polar surface area (TPSA) is 32.3 Å². The van der Waals surface area contributed by atoms with E-state index in [1.54, 1.807) is 0 Å². The van der Waals surface area contributed by atoms with Crippen molar-refractivity contribution < 1.29 is 5.11 Å². The van der Waals surface area contributed by atoms with Gasteiger partial charge in [-0.25, -0.2) is 0 Å². The van der Waals surface area contributed by atoms with Gasteiger partial charge in [0, 0.05) is 12.1 Å². The van der Waals surface area contributed by atoms with Crippen molar-refractivity contribution in [3.8, 4) is 0 Å². The highest BCUT2D eigenvalue weighted by Crippen LogP contribution is 2.32. The highest BCUT2D eigenvalue weighted by Gasteiger charge is 2.29. The van der Waals surface area contributed by atoms with E-state index in [4.69, 9.17) is 0 Å². The third-order valence-corrected chi connectivity index (χ3v) is 5.72. The van der Waals surface area contributed by atoms with E-state index >= 15 is 0 Å². The fourth-order valence-corrected chi connectivity index (χ4v) is 4.30. The highest BCUT2D eigenvalue weighted by molar-refractivity contribution is 4.98. The minimum absolute atomic E-state index is 0.0598. The molecule has 0 amide bonds. The van der Waals surface area contributed by atoms with Crippen LogP contribution in [0.15, 0.2) is 12.2 Å². The molecule has 21 heavy (non-hydrogen) atoms. The molecule has 3 fully saturated rings. The van der Waals surface area contributed by atoms with E-state index in [-0.39, 0.29) is 6.10 Å². The predicted octanol–water partition coefficient (Wildman–Crippen LogP) is 4.43. The second-order valence-electron chi connectivity index (χ2n) is 7.66. The number of nitrogens with one attached hydrogen (secondary N) is 1. The van der Waals surface area contributed by atoms with Crippen LogP contribution in [0.4, 0.5) is 0 Å². The molecule has 2 aliphatic carbocycles. The third-order valence-electron chi connectivity index (χ3n) is 5.72. The van der Waals surface area contributed by atoms with Gasteiger partial charge in [0.1, 0.15) is 0 Å².